The van der Waals surface area contributed by atoms with Crippen molar-refractivity contribution in [2.75, 3.05) is 33.7 Å². The highest BCUT2D eigenvalue weighted by atomic mass is 19.1. The lowest BCUT2D eigenvalue weighted by Crippen LogP contribution is -2.32. The molecule has 3 rings (SSSR count). The molecule has 0 saturated heterocycles. The molecule has 0 aliphatic heterocycles. The molecule has 176 valence electrons. The van der Waals surface area contributed by atoms with Crippen molar-refractivity contribution in [1.29, 1.82) is 0 Å². The molecule has 0 saturated carbocycles. The topological polar surface area (TPSA) is 70.7 Å². The summed E-state index contributed by atoms with van der Waals surface area (Å²) in [5, 5.41) is 2.83. The van der Waals surface area contributed by atoms with E-state index in [9.17, 15) is 14.0 Å². The lowest BCUT2D eigenvalue weighted by atomic mass is 10.1. The number of hydrogen-bond donors (Lipinski definition) is 1. The second-order valence-electron chi connectivity index (χ2n) is 8.16. The first-order valence-electron chi connectivity index (χ1n) is 11.1. The van der Waals surface area contributed by atoms with Crippen LogP contribution in [0.25, 0.3) is 0 Å². The van der Waals surface area contributed by atoms with Crippen LogP contribution in [0.15, 0.2) is 59.1 Å². The summed E-state index contributed by atoms with van der Waals surface area (Å²) in [5.41, 5.74) is 0.960. The Morgan fingerprint density at radius 3 is 2.58 bits per heavy atom. The van der Waals surface area contributed by atoms with Crippen LogP contribution in [0.2, 0.25) is 0 Å². The highest BCUT2D eigenvalue weighted by molar-refractivity contribution is 5.94. The minimum atomic E-state index is -0.522. The lowest BCUT2D eigenvalue weighted by molar-refractivity contribution is 0.0734. The Balaban J connectivity index is 1.68. The maximum Gasteiger partial charge on any atom is 0.287 e. The third kappa shape index (κ3) is 6.55. The Morgan fingerprint density at radius 1 is 1.06 bits per heavy atom. The van der Waals surface area contributed by atoms with Crippen molar-refractivity contribution in [2.45, 2.75) is 26.4 Å². The van der Waals surface area contributed by atoms with Gasteiger partial charge in [0.2, 0.25) is 0 Å². The number of amides is 2. The molecule has 7 nitrogen and oxygen atoms in total. The van der Waals surface area contributed by atoms with Gasteiger partial charge >= 0.3 is 0 Å². The van der Waals surface area contributed by atoms with Crippen LogP contribution >= 0.6 is 0 Å². The monoisotopic (exact) mass is 454 g/mol. The quantitative estimate of drug-likeness (QED) is 0.481. The van der Waals surface area contributed by atoms with Crippen molar-refractivity contribution in [3.8, 4) is 0 Å². The number of nitrogens with zero attached hydrogens (tertiary/aromatic N) is 3. The Bertz CT molecular complexity index is 1070. The number of likely N-dealkylation sites (N-methyl/N-ethyl adjacent to an activating group) is 1. The summed E-state index contributed by atoms with van der Waals surface area (Å²) in [6.07, 6.45) is 2.65. The van der Waals surface area contributed by atoms with Gasteiger partial charge in [0.05, 0.1) is 18.7 Å². The van der Waals surface area contributed by atoms with Crippen LogP contribution in [0.3, 0.4) is 0 Å². The molecule has 3 aromatic rings. The summed E-state index contributed by atoms with van der Waals surface area (Å²) in [6, 6.07) is 13.3. The predicted molar refractivity (Wildman–Crippen MR) is 125 cm³/mol. The number of aromatic nitrogens is 1. The summed E-state index contributed by atoms with van der Waals surface area (Å²) >= 11 is 0. The molecular formula is C25H31FN4O3. The van der Waals surface area contributed by atoms with Crippen LogP contribution < -0.4 is 5.32 Å². The Labute approximate surface area is 193 Å². The highest BCUT2D eigenvalue weighted by Crippen LogP contribution is 2.16. The van der Waals surface area contributed by atoms with E-state index in [0.717, 1.165) is 18.7 Å². The molecule has 0 fully saturated rings. The van der Waals surface area contributed by atoms with Gasteiger partial charge in [-0.3, -0.25) is 9.59 Å². The number of benzene rings is 1. The minimum absolute atomic E-state index is 0.0695. The first-order valence-corrected chi connectivity index (χ1v) is 11.1. The first kappa shape index (κ1) is 24.3. The van der Waals surface area contributed by atoms with Crippen molar-refractivity contribution >= 4 is 11.8 Å². The fourth-order valence-corrected chi connectivity index (χ4v) is 3.50. The molecule has 2 aromatic heterocycles. The molecule has 0 aliphatic rings. The zero-order valence-corrected chi connectivity index (χ0v) is 19.4. The van der Waals surface area contributed by atoms with E-state index >= 15 is 0 Å². The van der Waals surface area contributed by atoms with Gasteiger partial charge in [0.25, 0.3) is 11.8 Å². The van der Waals surface area contributed by atoms with Gasteiger partial charge in [-0.1, -0.05) is 19.1 Å². The van der Waals surface area contributed by atoms with Crippen LogP contribution in [-0.4, -0.2) is 59.9 Å². The van der Waals surface area contributed by atoms with Crippen molar-refractivity contribution in [1.82, 2.24) is 19.7 Å². The van der Waals surface area contributed by atoms with Crippen LogP contribution in [0.1, 0.15) is 45.7 Å². The van der Waals surface area contributed by atoms with Gasteiger partial charge in [-0.25, -0.2) is 4.39 Å². The van der Waals surface area contributed by atoms with E-state index in [1.54, 1.807) is 29.2 Å². The molecule has 0 unspecified atom stereocenters. The number of nitrogens with one attached hydrogen (secondary N) is 1. The standard InChI is InChI=1S/C25H31FN4O3/c1-4-14-30(25(32)21-9-5-6-10-22(21)26)17-19-8-7-15-29(19)18-20-11-12-23(33-20)24(31)27-13-16-28(2)3/h5-12,15H,4,13-14,16-18H2,1-3H3,(H,27,31). The van der Waals surface area contributed by atoms with E-state index in [4.69, 9.17) is 4.42 Å². The molecule has 0 aliphatic carbocycles. The zero-order valence-electron chi connectivity index (χ0n) is 19.4. The molecule has 0 atom stereocenters. The molecular weight excluding hydrogens is 423 g/mol. The number of carbonyl (C=O) groups excluding carboxylic acids is 2. The van der Waals surface area contributed by atoms with Gasteiger partial charge in [0, 0.05) is 31.5 Å². The van der Waals surface area contributed by atoms with Crippen molar-refractivity contribution in [2.24, 2.45) is 0 Å². The normalized spacial score (nSPS) is 11.1. The van der Waals surface area contributed by atoms with Gasteiger partial charge < -0.3 is 24.1 Å². The van der Waals surface area contributed by atoms with E-state index in [1.165, 1.54) is 12.1 Å². The third-order valence-electron chi connectivity index (χ3n) is 5.22. The van der Waals surface area contributed by atoms with Gasteiger partial charge in [-0.05, 0) is 56.9 Å². The van der Waals surface area contributed by atoms with Crippen molar-refractivity contribution in [3.05, 3.63) is 83.3 Å². The number of furan rings is 1. The molecule has 0 spiro atoms. The molecule has 2 heterocycles. The Hall–Kier alpha value is -3.39. The zero-order chi connectivity index (χ0) is 23.8. The summed E-state index contributed by atoms with van der Waals surface area (Å²) in [6.45, 7) is 4.53. The Kier molecular flexibility index (Phi) is 8.43. The molecule has 33 heavy (non-hydrogen) atoms. The Morgan fingerprint density at radius 2 is 1.85 bits per heavy atom. The van der Waals surface area contributed by atoms with E-state index < -0.39 is 5.82 Å². The van der Waals surface area contributed by atoms with Crippen LogP contribution in [0.4, 0.5) is 4.39 Å². The van der Waals surface area contributed by atoms with Crippen LogP contribution in [0.5, 0.6) is 0 Å². The number of hydrogen-bond acceptors (Lipinski definition) is 4. The molecule has 1 N–H and O–H groups in total. The summed E-state index contributed by atoms with van der Waals surface area (Å²) in [4.78, 5) is 28.9. The average Bonchev–Trinajstić information content (AvgIpc) is 3.43. The first-order chi connectivity index (χ1) is 15.9. The largest absolute Gasteiger partial charge is 0.454 e. The van der Waals surface area contributed by atoms with Crippen molar-refractivity contribution in [3.63, 3.8) is 0 Å². The van der Waals surface area contributed by atoms with E-state index in [1.807, 2.05) is 48.8 Å². The smallest absolute Gasteiger partial charge is 0.287 e. The number of halogens is 1. The maximum absolute atomic E-state index is 14.2. The number of carbonyl (C=O) groups is 2. The highest BCUT2D eigenvalue weighted by Gasteiger charge is 2.20. The molecule has 0 bridgehead atoms. The fraction of sp³-hybridized carbons (Fsp3) is 0.360. The maximum atomic E-state index is 14.2. The average molecular weight is 455 g/mol. The van der Waals surface area contributed by atoms with Gasteiger partial charge in [-0.15, -0.1) is 0 Å². The third-order valence-corrected chi connectivity index (χ3v) is 5.22. The van der Waals surface area contributed by atoms with E-state index in [0.29, 0.717) is 31.9 Å². The van der Waals surface area contributed by atoms with E-state index in [2.05, 4.69) is 5.32 Å². The lowest BCUT2D eigenvalue weighted by Gasteiger charge is -2.23. The summed E-state index contributed by atoms with van der Waals surface area (Å²) in [5.74, 6) is -0.212. The summed E-state index contributed by atoms with van der Waals surface area (Å²) < 4.78 is 21.9. The minimum Gasteiger partial charge on any atom is -0.454 e. The van der Waals surface area contributed by atoms with Gasteiger partial charge in [-0.2, -0.15) is 0 Å². The molecule has 8 heteroatoms. The van der Waals surface area contributed by atoms with Crippen LogP contribution in [0, 0.1) is 5.82 Å². The molecule has 0 radical (unpaired) electrons. The van der Waals surface area contributed by atoms with Gasteiger partial charge in [0.1, 0.15) is 11.6 Å². The van der Waals surface area contributed by atoms with Gasteiger partial charge in [0.15, 0.2) is 5.76 Å². The summed E-state index contributed by atoms with van der Waals surface area (Å²) in [7, 11) is 3.88. The second-order valence-corrected chi connectivity index (χ2v) is 8.16. The van der Waals surface area contributed by atoms with Crippen molar-refractivity contribution < 1.29 is 18.4 Å². The second kappa shape index (κ2) is 11.5. The fourth-order valence-electron chi connectivity index (χ4n) is 3.50. The predicted octanol–water partition coefficient (Wildman–Crippen LogP) is 3.61. The number of rotatable bonds is 11. The van der Waals surface area contributed by atoms with Crippen LogP contribution in [-0.2, 0) is 13.1 Å². The SMILES string of the molecule is CCCN(Cc1cccn1Cc1ccc(C(=O)NCCN(C)C)o1)C(=O)c1ccccc1F. The molecule has 1 aromatic carbocycles. The van der Waals surface area contributed by atoms with E-state index in [-0.39, 0.29) is 23.1 Å². The molecule has 2 amide bonds.